The van der Waals surface area contributed by atoms with Crippen LogP contribution in [0.1, 0.15) is 17.8 Å². The number of hydrogen-bond donors (Lipinski definition) is 1. The quantitative estimate of drug-likeness (QED) is 0.797. The van der Waals surface area contributed by atoms with Crippen molar-refractivity contribution in [1.29, 1.82) is 0 Å². The molecule has 4 rings (SSSR count). The third-order valence-corrected chi connectivity index (χ3v) is 4.72. The van der Waals surface area contributed by atoms with Crippen molar-refractivity contribution in [2.24, 2.45) is 7.05 Å². The Morgan fingerprint density at radius 2 is 1.88 bits per heavy atom. The Balaban J connectivity index is 1.40. The van der Waals surface area contributed by atoms with Gasteiger partial charge in [0.1, 0.15) is 18.2 Å². The fourth-order valence-corrected chi connectivity index (χ4v) is 3.21. The lowest BCUT2D eigenvalue weighted by Gasteiger charge is -2.15. The van der Waals surface area contributed by atoms with Gasteiger partial charge < -0.3 is 14.6 Å². The maximum atomic E-state index is 5.95. The van der Waals surface area contributed by atoms with Gasteiger partial charge in [0.05, 0.1) is 6.54 Å². The molecule has 1 atom stereocenters. The van der Waals surface area contributed by atoms with E-state index in [0.29, 0.717) is 19.2 Å². The van der Waals surface area contributed by atoms with Gasteiger partial charge in [-0.2, -0.15) is 0 Å². The molecule has 0 saturated heterocycles. The predicted molar refractivity (Wildman–Crippen MR) is 97.3 cm³/mol. The molecule has 0 aliphatic carbocycles. The number of nitrogens with zero attached hydrogens (tertiary/aromatic N) is 3. The van der Waals surface area contributed by atoms with Crippen LogP contribution in [0, 0.1) is 0 Å². The molecule has 5 heteroatoms. The zero-order valence-electron chi connectivity index (χ0n) is 14.4. The topological polar surface area (TPSA) is 52.0 Å². The van der Waals surface area contributed by atoms with Crippen molar-refractivity contribution in [2.75, 3.05) is 6.61 Å². The van der Waals surface area contributed by atoms with E-state index in [1.165, 1.54) is 5.56 Å². The molecular formula is C20H22N4O. The molecule has 1 aliphatic rings. The minimum atomic E-state index is 0.310. The van der Waals surface area contributed by atoms with E-state index in [9.17, 15) is 0 Å². The van der Waals surface area contributed by atoms with Crippen LogP contribution in [0.4, 0.5) is 0 Å². The molecule has 0 bridgehead atoms. The highest BCUT2D eigenvalue weighted by atomic mass is 16.5. The first-order valence-corrected chi connectivity index (χ1v) is 8.69. The lowest BCUT2D eigenvalue weighted by molar-refractivity contribution is 0.266. The molecule has 1 unspecified atom stereocenters. The number of para-hydroxylation sites is 1. The van der Waals surface area contributed by atoms with Crippen molar-refractivity contribution in [3.63, 3.8) is 0 Å². The van der Waals surface area contributed by atoms with Gasteiger partial charge in [-0.1, -0.05) is 48.5 Å². The summed E-state index contributed by atoms with van der Waals surface area (Å²) in [4.78, 5) is 0. The van der Waals surface area contributed by atoms with Gasteiger partial charge in [0.25, 0.3) is 0 Å². The average molecular weight is 334 g/mol. The maximum Gasteiger partial charge on any atom is 0.163 e. The molecule has 0 amide bonds. The van der Waals surface area contributed by atoms with E-state index in [4.69, 9.17) is 4.74 Å². The molecule has 0 spiro atoms. The average Bonchev–Trinajstić information content (AvgIpc) is 2.90. The molecule has 1 aromatic heterocycles. The minimum Gasteiger partial charge on any atom is -0.492 e. The third-order valence-electron chi connectivity index (χ3n) is 4.72. The Labute approximate surface area is 147 Å². The van der Waals surface area contributed by atoms with Gasteiger partial charge >= 0.3 is 0 Å². The molecule has 2 aromatic carbocycles. The zero-order chi connectivity index (χ0) is 17.1. The van der Waals surface area contributed by atoms with E-state index >= 15 is 0 Å². The van der Waals surface area contributed by atoms with Crippen LogP contribution in [0.2, 0.25) is 0 Å². The Morgan fingerprint density at radius 3 is 2.76 bits per heavy atom. The summed E-state index contributed by atoms with van der Waals surface area (Å²) in [6.07, 6.45) is 2.09. The van der Waals surface area contributed by atoms with E-state index in [2.05, 4.69) is 44.3 Å². The number of ether oxygens (including phenoxy) is 1. The molecule has 5 nitrogen and oxygen atoms in total. The molecular weight excluding hydrogens is 312 g/mol. The van der Waals surface area contributed by atoms with Crippen LogP contribution in [0.5, 0.6) is 5.75 Å². The van der Waals surface area contributed by atoms with Gasteiger partial charge in [-0.25, -0.2) is 0 Å². The summed E-state index contributed by atoms with van der Waals surface area (Å²) in [6, 6.07) is 18.7. The standard InChI is InChI=1S/C20H22N4O/c1-24-19(22-23-20(24)16-8-3-2-4-9-16)13-21-17-12-11-15-7-5-6-10-18(15)25-14-17/h2-10,17,21H,11-14H2,1H3. The maximum absolute atomic E-state index is 5.95. The molecule has 1 N–H and O–H groups in total. The van der Waals surface area contributed by atoms with Crippen LogP contribution in [-0.4, -0.2) is 27.4 Å². The van der Waals surface area contributed by atoms with E-state index in [0.717, 1.165) is 35.8 Å². The van der Waals surface area contributed by atoms with Gasteiger partial charge in [-0.05, 0) is 24.5 Å². The highest BCUT2D eigenvalue weighted by Crippen LogP contribution is 2.23. The fourth-order valence-electron chi connectivity index (χ4n) is 3.21. The lowest BCUT2D eigenvalue weighted by atomic mass is 10.1. The Kier molecular flexibility index (Phi) is 4.48. The summed E-state index contributed by atoms with van der Waals surface area (Å²) in [5.41, 5.74) is 2.37. The number of fused-ring (bicyclic) bond motifs is 1. The second-order valence-corrected chi connectivity index (χ2v) is 6.40. The van der Waals surface area contributed by atoms with Gasteiger partial charge in [-0.15, -0.1) is 10.2 Å². The second-order valence-electron chi connectivity index (χ2n) is 6.40. The first-order valence-electron chi connectivity index (χ1n) is 8.69. The monoisotopic (exact) mass is 334 g/mol. The predicted octanol–water partition coefficient (Wildman–Crippen LogP) is 2.97. The summed E-state index contributed by atoms with van der Waals surface area (Å²) in [7, 11) is 2.01. The lowest BCUT2D eigenvalue weighted by Crippen LogP contribution is -2.34. The van der Waals surface area contributed by atoms with Crippen molar-refractivity contribution < 1.29 is 4.74 Å². The first kappa shape index (κ1) is 15.8. The van der Waals surface area contributed by atoms with Gasteiger partial charge in [-0.3, -0.25) is 0 Å². The summed E-state index contributed by atoms with van der Waals surface area (Å²) in [5, 5.41) is 12.3. The van der Waals surface area contributed by atoms with E-state index in [-0.39, 0.29) is 0 Å². The van der Waals surface area contributed by atoms with E-state index < -0.39 is 0 Å². The molecule has 3 aromatic rings. The number of rotatable bonds is 4. The van der Waals surface area contributed by atoms with E-state index in [1.807, 2.05) is 37.4 Å². The first-order chi connectivity index (χ1) is 12.3. The van der Waals surface area contributed by atoms with Crippen molar-refractivity contribution in [3.05, 3.63) is 66.0 Å². The Hall–Kier alpha value is -2.66. The summed E-state index contributed by atoms with van der Waals surface area (Å²) < 4.78 is 8.00. The highest BCUT2D eigenvalue weighted by Gasteiger charge is 2.18. The van der Waals surface area contributed by atoms with Crippen LogP contribution in [-0.2, 0) is 20.0 Å². The summed E-state index contributed by atoms with van der Waals surface area (Å²) in [6.45, 7) is 1.36. The zero-order valence-corrected chi connectivity index (χ0v) is 14.4. The number of hydrogen-bond acceptors (Lipinski definition) is 4. The van der Waals surface area contributed by atoms with Crippen molar-refractivity contribution in [3.8, 4) is 17.1 Å². The molecule has 0 fully saturated rings. The van der Waals surface area contributed by atoms with Crippen molar-refractivity contribution in [2.45, 2.75) is 25.4 Å². The van der Waals surface area contributed by atoms with Gasteiger partial charge in [0.2, 0.25) is 0 Å². The largest absolute Gasteiger partial charge is 0.492 e. The van der Waals surface area contributed by atoms with Crippen LogP contribution in [0.25, 0.3) is 11.4 Å². The molecule has 1 aliphatic heterocycles. The normalized spacial score (nSPS) is 16.8. The summed E-state index contributed by atoms with van der Waals surface area (Å²) in [5.74, 6) is 2.83. The fraction of sp³-hybridized carbons (Fsp3) is 0.300. The molecule has 2 heterocycles. The highest BCUT2D eigenvalue weighted by molar-refractivity contribution is 5.54. The minimum absolute atomic E-state index is 0.310. The smallest absolute Gasteiger partial charge is 0.163 e. The van der Waals surface area contributed by atoms with E-state index in [1.54, 1.807) is 0 Å². The van der Waals surface area contributed by atoms with Crippen molar-refractivity contribution in [1.82, 2.24) is 20.1 Å². The molecule has 25 heavy (non-hydrogen) atoms. The molecule has 0 saturated carbocycles. The number of aryl methyl sites for hydroxylation is 1. The number of aromatic nitrogens is 3. The van der Waals surface area contributed by atoms with Crippen molar-refractivity contribution >= 4 is 0 Å². The van der Waals surface area contributed by atoms with Crippen LogP contribution in [0.3, 0.4) is 0 Å². The van der Waals surface area contributed by atoms with Crippen LogP contribution >= 0.6 is 0 Å². The Morgan fingerprint density at radius 1 is 1.08 bits per heavy atom. The van der Waals surface area contributed by atoms with Crippen LogP contribution < -0.4 is 10.1 Å². The molecule has 128 valence electrons. The second kappa shape index (κ2) is 7.07. The number of nitrogens with one attached hydrogen (secondary N) is 1. The summed E-state index contributed by atoms with van der Waals surface area (Å²) >= 11 is 0. The Bertz CT molecular complexity index is 817. The number of benzene rings is 2. The van der Waals surface area contributed by atoms with Crippen LogP contribution in [0.15, 0.2) is 54.6 Å². The van der Waals surface area contributed by atoms with Gasteiger partial charge in [0, 0.05) is 18.7 Å². The van der Waals surface area contributed by atoms with Gasteiger partial charge in [0.15, 0.2) is 5.82 Å². The SMILES string of the molecule is Cn1c(CNC2CCc3ccccc3OC2)nnc1-c1ccccc1. The third kappa shape index (κ3) is 3.42. The molecule has 0 radical (unpaired) electrons.